The summed E-state index contributed by atoms with van der Waals surface area (Å²) >= 11 is 0. The van der Waals surface area contributed by atoms with Crippen molar-refractivity contribution in [2.75, 3.05) is 50.9 Å². The van der Waals surface area contributed by atoms with Crippen molar-refractivity contribution in [1.29, 1.82) is 0 Å². The molecule has 2 heterocycles. The van der Waals surface area contributed by atoms with Crippen LogP contribution in [0.2, 0.25) is 0 Å². The number of aryl methyl sites for hydroxylation is 1. The molecule has 208 valence electrons. The van der Waals surface area contributed by atoms with Crippen molar-refractivity contribution < 1.29 is 7.65 Å². The molecule has 0 saturated heterocycles. The third kappa shape index (κ3) is 7.59. The molecule has 1 unspecified atom stereocenters. The molecule has 8 heteroatoms. The fourth-order valence-electron chi connectivity index (χ4n) is 4.27. The minimum atomic E-state index is -0.149. The van der Waals surface area contributed by atoms with Gasteiger partial charge >= 0.3 is 0 Å². The van der Waals surface area contributed by atoms with Gasteiger partial charge in [-0.05, 0) is 82.4 Å². The number of rotatable bonds is 11. The van der Waals surface area contributed by atoms with E-state index < -0.39 is 0 Å². The Morgan fingerprint density at radius 3 is 2.62 bits per heavy atom. The highest BCUT2D eigenvalue weighted by Gasteiger charge is 2.14. The number of anilines is 3. The highest BCUT2D eigenvalue weighted by atomic mass is 16.1. The Bertz CT molecular complexity index is 1340. The third-order valence-electron chi connectivity index (χ3n) is 7.24. The van der Waals surface area contributed by atoms with Crippen LogP contribution in [0, 0.1) is 6.92 Å². The van der Waals surface area contributed by atoms with Crippen molar-refractivity contribution in [2.45, 2.75) is 33.2 Å². The number of aromatic nitrogens is 2. The maximum Gasteiger partial charge on any atom is 0.255 e. The van der Waals surface area contributed by atoms with Crippen LogP contribution in [-0.4, -0.2) is 72.2 Å². The molecule has 3 aromatic rings. The number of nitrogens with zero attached hydrogens (tertiary/aromatic N) is 5. The largest absolute Gasteiger partial charge is 0.324 e. The van der Waals surface area contributed by atoms with Crippen LogP contribution in [0.1, 0.15) is 56.3 Å². The number of hydrogen-bond acceptors (Lipinski definition) is 7. The molecule has 1 aromatic heterocycles. The van der Waals surface area contributed by atoms with Gasteiger partial charge in [0.15, 0.2) is 0 Å². The van der Waals surface area contributed by atoms with Crippen LogP contribution in [0.15, 0.2) is 65.8 Å². The summed E-state index contributed by atoms with van der Waals surface area (Å²) in [5.74, 6) is 0.346. The van der Waals surface area contributed by atoms with Gasteiger partial charge in [-0.1, -0.05) is 31.2 Å². The van der Waals surface area contributed by atoms with Gasteiger partial charge in [0.2, 0.25) is 5.95 Å². The Balaban J connectivity index is 0.00000294. The van der Waals surface area contributed by atoms with Crippen molar-refractivity contribution in [3.8, 4) is 0 Å². The second-order valence-corrected chi connectivity index (χ2v) is 10.0. The van der Waals surface area contributed by atoms with E-state index in [0.29, 0.717) is 17.2 Å². The summed E-state index contributed by atoms with van der Waals surface area (Å²) in [5, 5.41) is 6.33. The number of aliphatic imine (C=N–C) groups is 1. The Morgan fingerprint density at radius 1 is 1.10 bits per heavy atom. The maximum atomic E-state index is 13.0. The zero-order chi connectivity index (χ0) is 27.8. The van der Waals surface area contributed by atoms with Gasteiger partial charge in [0.1, 0.15) is 0 Å². The van der Waals surface area contributed by atoms with Gasteiger partial charge in [-0.25, -0.2) is 9.97 Å². The lowest BCUT2D eigenvalue weighted by molar-refractivity contribution is 0.102. The second kappa shape index (κ2) is 13.3. The Kier molecular flexibility index (Phi) is 9.57. The van der Waals surface area contributed by atoms with E-state index in [1.54, 1.807) is 6.20 Å². The van der Waals surface area contributed by atoms with E-state index in [4.69, 9.17) is 0 Å². The monoisotopic (exact) mass is 529 g/mol. The summed E-state index contributed by atoms with van der Waals surface area (Å²) in [5.41, 5.74) is 6.19. The molecule has 2 aromatic carbocycles. The Labute approximate surface area is 234 Å². The van der Waals surface area contributed by atoms with E-state index in [0.717, 1.165) is 55.1 Å². The molecule has 8 nitrogen and oxygen atoms in total. The van der Waals surface area contributed by atoms with Crippen molar-refractivity contribution in [3.63, 3.8) is 0 Å². The SMILES string of the molecule is CCN(C)CCN(C)C(C)c1ccc(C(=O)Nc2ccc(C)c(Nc3nccc(C4=CCCN=C4)n3)c2)cc1.[HH].[HH]. The molecule has 1 atom stereocenters. The van der Waals surface area contributed by atoms with Gasteiger partial charge in [0, 0.05) is 63.5 Å². The molecule has 0 saturated carbocycles. The molecule has 4 rings (SSSR count). The van der Waals surface area contributed by atoms with Gasteiger partial charge in [0.05, 0.1) is 5.69 Å². The number of carbonyl (C=O) groups excluding carboxylic acids is 1. The highest BCUT2D eigenvalue weighted by Crippen LogP contribution is 2.25. The van der Waals surface area contributed by atoms with E-state index in [-0.39, 0.29) is 14.8 Å². The zero-order valence-electron chi connectivity index (χ0n) is 23.6. The maximum absolute atomic E-state index is 13.0. The van der Waals surface area contributed by atoms with Crippen LogP contribution in [0.3, 0.4) is 0 Å². The second-order valence-electron chi connectivity index (χ2n) is 10.0. The van der Waals surface area contributed by atoms with Gasteiger partial charge in [-0.15, -0.1) is 0 Å². The topological polar surface area (TPSA) is 85.8 Å². The molecule has 0 spiro atoms. The van der Waals surface area contributed by atoms with Crippen molar-refractivity contribution in [1.82, 2.24) is 19.8 Å². The molecule has 1 amide bonds. The van der Waals surface area contributed by atoms with Crippen LogP contribution in [0.25, 0.3) is 5.57 Å². The summed E-state index contributed by atoms with van der Waals surface area (Å²) in [4.78, 5) is 31.0. The van der Waals surface area contributed by atoms with E-state index in [2.05, 4.69) is 69.4 Å². The normalized spacial score (nSPS) is 13.9. The molecule has 1 aliphatic heterocycles. The number of carbonyl (C=O) groups is 1. The average Bonchev–Trinajstić information content (AvgIpc) is 2.97. The quantitative estimate of drug-likeness (QED) is 0.313. The van der Waals surface area contributed by atoms with Crippen molar-refractivity contribution in [3.05, 3.63) is 83.2 Å². The smallest absolute Gasteiger partial charge is 0.255 e. The number of benzene rings is 2. The van der Waals surface area contributed by atoms with Crippen molar-refractivity contribution >= 4 is 35.0 Å². The third-order valence-corrected chi connectivity index (χ3v) is 7.24. The Morgan fingerprint density at radius 2 is 1.90 bits per heavy atom. The first-order valence-electron chi connectivity index (χ1n) is 13.5. The number of amides is 1. The molecule has 2 N–H and O–H groups in total. The van der Waals surface area contributed by atoms with Crippen molar-refractivity contribution in [2.24, 2.45) is 4.99 Å². The fourth-order valence-corrected chi connectivity index (χ4v) is 4.27. The number of allylic oxidation sites excluding steroid dienone is 1. The average molecular weight is 530 g/mol. The van der Waals surface area contributed by atoms with Crippen LogP contribution < -0.4 is 10.6 Å². The number of hydrogen-bond donors (Lipinski definition) is 2. The molecule has 0 aliphatic carbocycles. The van der Waals surface area contributed by atoms with Gasteiger partial charge < -0.3 is 15.5 Å². The molecular formula is C31H43N7O. The molecule has 0 fully saturated rings. The predicted octanol–water partition coefficient (Wildman–Crippen LogP) is 6.08. The summed E-state index contributed by atoms with van der Waals surface area (Å²) in [6.07, 6.45) is 6.64. The zero-order valence-corrected chi connectivity index (χ0v) is 23.6. The molecule has 0 radical (unpaired) electrons. The van der Waals surface area contributed by atoms with Crippen LogP contribution in [-0.2, 0) is 0 Å². The molecule has 39 heavy (non-hydrogen) atoms. The van der Waals surface area contributed by atoms with E-state index in [1.807, 2.05) is 61.7 Å². The first-order chi connectivity index (χ1) is 18.8. The van der Waals surface area contributed by atoms with Gasteiger partial charge in [0.25, 0.3) is 5.91 Å². The summed E-state index contributed by atoms with van der Waals surface area (Å²) in [6, 6.07) is 15.8. The van der Waals surface area contributed by atoms with Crippen LogP contribution in [0.5, 0.6) is 0 Å². The van der Waals surface area contributed by atoms with E-state index in [1.165, 1.54) is 5.56 Å². The molecule has 0 bridgehead atoms. The highest BCUT2D eigenvalue weighted by molar-refractivity contribution is 6.09. The van der Waals surface area contributed by atoms with Crippen LogP contribution >= 0.6 is 0 Å². The summed E-state index contributed by atoms with van der Waals surface area (Å²) in [6.45, 7) is 10.2. The lowest BCUT2D eigenvalue weighted by Gasteiger charge is -2.27. The van der Waals surface area contributed by atoms with Gasteiger partial charge in [-0.2, -0.15) is 0 Å². The Hall–Kier alpha value is -3.88. The van der Waals surface area contributed by atoms with Crippen LogP contribution in [0.4, 0.5) is 17.3 Å². The number of dihydropyridines is 1. The van der Waals surface area contributed by atoms with E-state index >= 15 is 0 Å². The standard InChI is InChI=1S/C31H39N7O.2H2/c1-6-37(4)18-19-38(5)23(3)24-10-12-25(13-11-24)30(39)34-27-14-9-22(2)29(20-27)36-31-33-17-15-28(35-31)26-8-7-16-32-21-26;;/h8-15,17,20-21,23H,6-7,16,18-19H2,1-5H3,(H,34,39)(H,33,35,36);2*1H. The van der Waals surface area contributed by atoms with E-state index in [9.17, 15) is 4.79 Å². The summed E-state index contributed by atoms with van der Waals surface area (Å²) in [7, 11) is 4.27. The minimum Gasteiger partial charge on any atom is -0.324 e. The first-order valence-corrected chi connectivity index (χ1v) is 13.5. The fraction of sp³-hybridized carbons (Fsp3) is 0.355. The molecular weight excluding hydrogens is 486 g/mol. The lowest BCUT2D eigenvalue weighted by atomic mass is 10.0. The number of nitrogens with one attached hydrogen (secondary N) is 2. The molecule has 1 aliphatic rings. The summed E-state index contributed by atoms with van der Waals surface area (Å²) < 4.78 is 0. The predicted molar refractivity (Wildman–Crippen MR) is 165 cm³/mol. The minimum absolute atomic E-state index is 0. The lowest BCUT2D eigenvalue weighted by Crippen LogP contribution is -2.32. The first kappa shape index (κ1) is 28.1. The van der Waals surface area contributed by atoms with Gasteiger partial charge in [-0.3, -0.25) is 14.7 Å². The number of likely N-dealkylation sites (N-methyl/N-ethyl adjacent to an activating group) is 2.